The number of thioether (sulfide) groups is 1. The van der Waals surface area contributed by atoms with E-state index in [-0.39, 0.29) is 24.3 Å². The lowest BCUT2D eigenvalue weighted by molar-refractivity contribution is -0.140. The summed E-state index contributed by atoms with van der Waals surface area (Å²) in [5.41, 5.74) is 0.592. The Morgan fingerprint density at radius 2 is 1.86 bits per heavy atom. The Labute approximate surface area is 170 Å². The number of fused-ring (bicyclic) bond motifs is 1. The summed E-state index contributed by atoms with van der Waals surface area (Å²) in [4.78, 5) is 41.7. The fourth-order valence-electron chi connectivity index (χ4n) is 2.80. The van der Waals surface area contributed by atoms with Crippen LogP contribution in [0.5, 0.6) is 0 Å². The van der Waals surface area contributed by atoms with Gasteiger partial charge in [-0.2, -0.15) is 0 Å². The first-order chi connectivity index (χ1) is 13.9. The van der Waals surface area contributed by atoms with E-state index >= 15 is 0 Å². The average molecular weight is 414 g/mol. The topological polar surface area (TPSA) is 78.3 Å². The second-order valence-corrected chi connectivity index (χ2v) is 7.63. The van der Waals surface area contributed by atoms with Crippen molar-refractivity contribution in [3.8, 4) is 0 Å². The smallest absolute Gasteiger partial charge is 0.307 e. The lowest BCUT2D eigenvalue weighted by Gasteiger charge is -2.15. The van der Waals surface area contributed by atoms with Crippen LogP contribution < -0.4 is 5.56 Å². The highest BCUT2D eigenvalue weighted by atomic mass is 32.2. The molecule has 1 unspecified atom stereocenters. The van der Waals surface area contributed by atoms with Gasteiger partial charge in [0.05, 0.1) is 29.7 Å². The first-order valence-electron chi connectivity index (χ1n) is 8.93. The van der Waals surface area contributed by atoms with Gasteiger partial charge in [-0.15, -0.1) is 0 Å². The maximum absolute atomic E-state index is 13.1. The van der Waals surface area contributed by atoms with E-state index in [9.17, 15) is 18.8 Å². The van der Waals surface area contributed by atoms with Crippen LogP contribution in [0.1, 0.15) is 23.7 Å². The zero-order valence-corrected chi connectivity index (χ0v) is 16.7. The minimum absolute atomic E-state index is 0.00424. The number of nitrogens with zero attached hydrogens (tertiary/aromatic N) is 2. The molecule has 3 aromatic rings. The fraction of sp³-hybridized carbons (Fsp3) is 0.238. The molecule has 1 atom stereocenters. The molecule has 0 aliphatic carbocycles. The summed E-state index contributed by atoms with van der Waals surface area (Å²) in [5.74, 6) is -1.08. The maximum Gasteiger partial charge on any atom is 0.307 e. The van der Waals surface area contributed by atoms with Gasteiger partial charge in [0.15, 0.2) is 10.9 Å². The third kappa shape index (κ3) is 4.71. The molecule has 150 valence electrons. The van der Waals surface area contributed by atoms with Crippen LogP contribution >= 0.6 is 11.8 Å². The molecule has 0 spiro atoms. The van der Waals surface area contributed by atoms with Crippen molar-refractivity contribution in [3.63, 3.8) is 0 Å². The molecule has 0 bridgehead atoms. The molecule has 0 radical (unpaired) electrons. The Morgan fingerprint density at radius 3 is 2.55 bits per heavy atom. The third-order valence-electron chi connectivity index (χ3n) is 4.37. The molecule has 3 rings (SSSR count). The number of esters is 1. The summed E-state index contributed by atoms with van der Waals surface area (Å²) < 4.78 is 19.2. The molecular formula is C21H19FN2O4S. The van der Waals surface area contributed by atoms with Gasteiger partial charge in [-0.25, -0.2) is 9.37 Å². The van der Waals surface area contributed by atoms with Gasteiger partial charge >= 0.3 is 5.97 Å². The van der Waals surface area contributed by atoms with Crippen molar-refractivity contribution in [3.05, 3.63) is 70.3 Å². The van der Waals surface area contributed by atoms with Crippen LogP contribution in [0.15, 0.2) is 58.5 Å². The SMILES string of the molecule is COC(=O)CCn1c(SC(C)C(=O)c2ccc(F)cc2)nc2ccccc2c1=O. The molecule has 2 aromatic carbocycles. The van der Waals surface area contributed by atoms with Gasteiger partial charge in [0, 0.05) is 12.1 Å². The molecule has 0 fully saturated rings. The van der Waals surface area contributed by atoms with Gasteiger partial charge in [0.25, 0.3) is 5.56 Å². The van der Waals surface area contributed by atoms with Gasteiger partial charge in [0.2, 0.25) is 0 Å². The molecule has 0 saturated carbocycles. The van der Waals surface area contributed by atoms with E-state index in [1.165, 1.54) is 35.9 Å². The highest BCUT2D eigenvalue weighted by Crippen LogP contribution is 2.25. The zero-order valence-electron chi connectivity index (χ0n) is 15.9. The van der Waals surface area contributed by atoms with Crippen molar-refractivity contribution >= 4 is 34.4 Å². The van der Waals surface area contributed by atoms with Gasteiger partial charge in [-0.1, -0.05) is 23.9 Å². The Balaban J connectivity index is 1.95. The number of methoxy groups -OCH3 is 1. The van der Waals surface area contributed by atoms with E-state index in [1.54, 1.807) is 31.2 Å². The number of aromatic nitrogens is 2. The molecule has 1 heterocycles. The fourth-order valence-corrected chi connectivity index (χ4v) is 3.81. The summed E-state index contributed by atoms with van der Waals surface area (Å²) in [5, 5.41) is 0.192. The number of Topliss-reactive ketones (excluding diaryl/α,β-unsaturated/α-hetero) is 1. The first kappa shape index (κ1) is 20.7. The molecule has 0 aliphatic heterocycles. The number of ketones is 1. The minimum atomic E-state index is -0.571. The number of rotatable bonds is 7. The number of carbonyl (C=O) groups excluding carboxylic acids is 2. The molecule has 6 nitrogen and oxygen atoms in total. The molecular weight excluding hydrogens is 395 g/mol. The van der Waals surface area contributed by atoms with Crippen molar-refractivity contribution in [2.75, 3.05) is 7.11 Å². The third-order valence-corrected chi connectivity index (χ3v) is 5.46. The number of hydrogen-bond acceptors (Lipinski definition) is 6. The Hall–Kier alpha value is -3.00. The summed E-state index contributed by atoms with van der Waals surface area (Å²) in [6.07, 6.45) is 0.00424. The second kappa shape index (κ2) is 9.00. The first-order valence-corrected chi connectivity index (χ1v) is 9.81. The number of hydrogen-bond donors (Lipinski definition) is 0. The van der Waals surface area contributed by atoms with E-state index in [2.05, 4.69) is 9.72 Å². The number of ether oxygens (including phenoxy) is 1. The number of para-hydroxylation sites is 1. The predicted molar refractivity (Wildman–Crippen MR) is 109 cm³/mol. The van der Waals surface area contributed by atoms with Crippen LogP contribution in [0.2, 0.25) is 0 Å². The lowest BCUT2D eigenvalue weighted by atomic mass is 10.1. The monoisotopic (exact) mass is 414 g/mol. The summed E-state index contributed by atoms with van der Waals surface area (Å²) in [6.45, 7) is 1.78. The largest absolute Gasteiger partial charge is 0.469 e. The van der Waals surface area contributed by atoms with Crippen molar-refractivity contribution in [2.24, 2.45) is 0 Å². The predicted octanol–water partition coefficient (Wildman–Crippen LogP) is 3.46. The van der Waals surface area contributed by atoms with E-state index in [0.717, 1.165) is 11.8 Å². The Morgan fingerprint density at radius 1 is 1.17 bits per heavy atom. The van der Waals surface area contributed by atoms with E-state index < -0.39 is 17.0 Å². The van der Waals surface area contributed by atoms with Crippen molar-refractivity contribution in [2.45, 2.75) is 30.3 Å². The van der Waals surface area contributed by atoms with Crippen molar-refractivity contribution in [1.82, 2.24) is 9.55 Å². The second-order valence-electron chi connectivity index (χ2n) is 6.33. The molecule has 0 amide bonds. The van der Waals surface area contributed by atoms with Crippen molar-refractivity contribution in [1.29, 1.82) is 0 Å². The van der Waals surface area contributed by atoms with Crippen molar-refractivity contribution < 1.29 is 18.7 Å². The minimum Gasteiger partial charge on any atom is -0.469 e. The van der Waals surface area contributed by atoms with Gasteiger partial charge in [-0.05, 0) is 43.3 Å². The highest BCUT2D eigenvalue weighted by molar-refractivity contribution is 8.00. The summed E-state index contributed by atoms with van der Waals surface area (Å²) >= 11 is 1.12. The van der Waals surface area contributed by atoms with Crippen LogP contribution in [-0.2, 0) is 16.1 Å². The Kier molecular flexibility index (Phi) is 6.43. The highest BCUT2D eigenvalue weighted by Gasteiger charge is 2.21. The Bertz CT molecular complexity index is 1110. The van der Waals surface area contributed by atoms with Crippen LogP contribution in [0.4, 0.5) is 4.39 Å². The molecule has 0 N–H and O–H groups in total. The number of halogens is 1. The van der Waals surface area contributed by atoms with E-state index in [1.807, 2.05) is 0 Å². The molecule has 0 aliphatic rings. The average Bonchev–Trinajstić information content (AvgIpc) is 2.73. The molecule has 29 heavy (non-hydrogen) atoms. The molecule has 1 aromatic heterocycles. The van der Waals surface area contributed by atoms with Crippen LogP contribution in [0.25, 0.3) is 10.9 Å². The van der Waals surface area contributed by atoms with Gasteiger partial charge in [-0.3, -0.25) is 19.0 Å². The van der Waals surface area contributed by atoms with E-state index in [0.29, 0.717) is 21.6 Å². The molecule has 0 saturated heterocycles. The van der Waals surface area contributed by atoms with E-state index in [4.69, 9.17) is 0 Å². The summed E-state index contributed by atoms with van der Waals surface area (Å²) in [7, 11) is 1.28. The van der Waals surface area contributed by atoms with Gasteiger partial charge in [0.1, 0.15) is 5.82 Å². The number of carbonyl (C=O) groups is 2. The zero-order chi connectivity index (χ0) is 21.0. The molecule has 8 heteroatoms. The standard InChI is InChI=1S/C21H19FN2O4S/c1-13(19(26)14-7-9-15(22)10-8-14)29-21-23-17-6-4-3-5-16(17)20(27)24(21)12-11-18(25)28-2/h3-10,13H,11-12H2,1-2H3. The lowest BCUT2D eigenvalue weighted by Crippen LogP contribution is -2.26. The van der Waals surface area contributed by atoms with Gasteiger partial charge < -0.3 is 4.74 Å². The quantitative estimate of drug-likeness (QED) is 0.255. The normalized spacial score (nSPS) is 12.0. The van der Waals surface area contributed by atoms with Crippen LogP contribution in [0, 0.1) is 5.82 Å². The van der Waals surface area contributed by atoms with Crippen LogP contribution in [-0.4, -0.2) is 33.7 Å². The maximum atomic E-state index is 13.1. The summed E-state index contributed by atoms with van der Waals surface area (Å²) in [6, 6.07) is 12.2. The number of benzene rings is 2. The van der Waals surface area contributed by atoms with Crippen LogP contribution in [0.3, 0.4) is 0 Å².